The van der Waals surface area contributed by atoms with Crippen LogP contribution in [0, 0.1) is 0 Å². The fourth-order valence-electron chi connectivity index (χ4n) is 9.35. The van der Waals surface area contributed by atoms with E-state index in [1.165, 1.54) is 65.9 Å². The van der Waals surface area contributed by atoms with Crippen molar-refractivity contribution in [2.45, 2.75) is 0 Å². The minimum atomic E-state index is 0.953. The van der Waals surface area contributed by atoms with Crippen molar-refractivity contribution in [2.75, 3.05) is 0 Å². The summed E-state index contributed by atoms with van der Waals surface area (Å²) in [6.07, 6.45) is 0. The fourth-order valence-corrected chi connectivity index (χ4v) is 9.35. The smallest absolute Gasteiger partial charge is 0.0715 e. The Kier molecular flexibility index (Phi) is 8.50. The topological polar surface area (TPSA) is 22.8 Å². The number of fused-ring (bicyclic) bond motifs is 6. The predicted molar refractivity (Wildman–Crippen MR) is 260 cm³/mol. The van der Waals surface area contributed by atoms with Gasteiger partial charge in [-0.2, -0.15) is 0 Å². The summed E-state index contributed by atoms with van der Waals surface area (Å²) in [4.78, 5) is 5.15. The van der Waals surface area contributed by atoms with Gasteiger partial charge >= 0.3 is 0 Å². The quantitative estimate of drug-likeness (QED) is 0.158. The number of aromatic nitrogens is 3. The van der Waals surface area contributed by atoms with Crippen LogP contribution >= 0.6 is 0 Å². The second-order valence-electron chi connectivity index (χ2n) is 16.0. The number of rotatable bonds is 7. The molecule has 0 bridgehead atoms. The van der Waals surface area contributed by atoms with E-state index in [2.05, 4.69) is 246 Å². The van der Waals surface area contributed by atoms with Crippen molar-refractivity contribution in [1.29, 1.82) is 0 Å². The molecule has 0 fully saturated rings. The van der Waals surface area contributed by atoms with Gasteiger partial charge in [0.15, 0.2) is 0 Å². The molecule has 0 unspecified atom stereocenters. The summed E-state index contributed by atoms with van der Waals surface area (Å²) in [5.74, 6) is 0. The van der Waals surface area contributed by atoms with E-state index >= 15 is 0 Å². The molecule has 9 aromatic carbocycles. The maximum atomic E-state index is 5.15. The highest BCUT2D eigenvalue weighted by Gasteiger charge is 2.17. The predicted octanol–water partition coefficient (Wildman–Crippen LogP) is 15.6. The molecule has 0 spiro atoms. The number of hydrogen-bond donors (Lipinski definition) is 0. The van der Waals surface area contributed by atoms with Crippen molar-refractivity contribution in [3.63, 3.8) is 0 Å². The monoisotopic (exact) mass is 789 g/mol. The lowest BCUT2D eigenvalue weighted by Crippen LogP contribution is -1.96. The average Bonchev–Trinajstić information content (AvgIpc) is 3.87. The van der Waals surface area contributed by atoms with Gasteiger partial charge in [-0.3, -0.25) is 0 Å². The second kappa shape index (κ2) is 14.8. The van der Waals surface area contributed by atoms with E-state index < -0.39 is 0 Å². The van der Waals surface area contributed by atoms with Gasteiger partial charge in [0.2, 0.25) is 0 Å². The Bertz CT molecular complexity index is 3560. The molecular weight excluding hydrogens is 751 g/mol. The van der Waals surface area contributed by atoms with Gasteiger partial charge in [0.25, 0.3) is 0 Å². The number of nitrogens with zero attached hydrogens (tertiary/aromatic N) is 3. The lowest BCUT2D eigenvalue weighted by Gasteiger charge is -2.13. The lowest BCUT2D eigenvalue weighted by molar-refractivity contribution is 1.18. The summed E-state index contributed by atoms with van der Waals surface area (Å²) < 4.78 is 4.84. The number of pyridine rings is 1. The molecule has 62 heavy (non-hydrogen) atoms. The number of para-hydroxylation sites is 2. The molecule has 0 N–H and O–H groups in total. The van der Waals surface area contributed by atoms with Gasteiger partial charge in [0.1, 0.15) is 0 Å². The molecule has 3 nitrogen and oxygen atoms in total. The highest BCUT2D eigenvalue weighted by molar-refractivity contribution is 6.12. The van der Waals surface area contributed by atoms with E-state index in [1.54, 1.807) is 0 Å². The van der Waals surface area contributed by atoms with Crippen LogP contribution in [-0.4, -0.2) is 14.1 Å². The summed E-state index contributed by atoms with van der Waals surface area (Å²) in [6.45, 7) is 0. The zero-order valence-electron chi connectivity index (χ0n) is 33.9. The van der Waals surface area contributed by atoms with Crippen LogP contribution in [0.15, 0.2) is 237 Å². The third-order valence-corrected chi connectivity index (χ3v) is 12.3. The third-order valence-electron chi connectivity index (χ3n) is 12.3. The Hall–Kier alpha value is -8.27. The normalized spacial score (nSPS) is 11.5. The van der Waals surface area contributed by atoms with Gasteiger partial charge in [-0.25, -0.2) is 4.98 Å². The molecule has 3 heterocycles. The van der Waals surface area contributed by atoms with Crippen LogP contribution in [0.3, 0.4) is 0 Å². The van der Waals surface area contributed by atoms with E-state index in [1.807, 2.05) is 0 Å². The number of benzene rings is 9. The first kappa shape index (κ1) is 35.7. The van der Waals surface area contributed by atoms with Crippen molar-refractivity contribution < 1.29 is 0 Å². The Labute approximate surface area is 360 Å². The molecule has 3 heteroatoms. The van der Waals surface area contributed by atoms with Gasteiger partial charge < -0.3 is 9.13 Å². The van der Waals surface area contributed by atoms with Gasteiger partial charge in [0.05, 0.1) is 33.5 Å². The van der Waals surface area contributed by atoms with E-state index in [4.69, 9.17) is 4.98 Å². The van der Waals surface area contributed by atoms with Crippen molar-refractivity contribution >= 4 is 43.6 Å². The Morgan fingerprint density at radius 1 is 0.226 bits per heavy atom. The third kappa shape index (κ3) is 6.10. The molecule has 12 aromatic rings. The summed E-state index contributed by atoms with van der Waals surface area (Å²) in [5, 5.41) is 4.94. The molecule has 3 aromatic heterocycles. The van der Waals surface area contributed by atoms with Crippen LogP contribution in [0.5, 0.6) is 0 Å². The highest BCUT2D eigenvalue weighted by atomic mass is 15.0. The Morgan fingerprint density at radius 2 is 0.645 bits per heavy atom. The minimum absolute atomic E-state index is 0.953. The first-order valence-electron chi connectivity index (χ1n) is 21.2. The average molecular weight is 790 g/mol. The van der Waals surface area contributed by atoms with Gasteiger partial charge in [-0.1, -0.05) is 170 Å². The Balaban J connectivity index is 0.996. The first-order valence-corrected chi connectivity index (χ1v) is 21.2. The summed E-state index contributed by atoms with van der Waals surface area (Å²) >= 11 is 0. The van der Waals surface area contributed by atoms with Crippen LogP contribution in [0.2, 0.25) is 0 Å². The highest BCUT2D eigenvalue weighted by Crippen LogP contribution is 2.40. The van der Waals surface area contributed by atoms with Crippen molar-refractivity contribution in [2.24, 2.45) is 0 Å². The lowest BCUT2D eigenvalue weighted by atomic mass is 9.99. The molecule has 0 radical (unpaired) electrons. The summed E-state index contributed by atoms with van der Waals surface area (Å²) in [5.41, 5.74) is 18.1. The van der Waals surface area contributed by atoms with Crippen LogP contribution in [0.1, 0.15) is 0 Å². The minimum Gasteiger partial charge on any atom is -0.309 e. The standard InChI is InChI=1S/C59H39N3/c1-4-16-40(17-5-1)43-22-14-24-48(34-43)61-57-29-13-11-27-51(57)53-36-45(31-33-58(53)61)46-30-32-52-50-26-10-12-28-56(50)62(59(52)39-46)49-25-15-23-44(35-49)47-37-54(41-18-6-2-7-19-41)60-55(38-47)42-20-8-3-9-21-42/h1-39H. The first-order chi connectivity index (χ1) is 30.7. The summed E-state index contributed by atoms with van der Waals surface area (Å²) in [6, 6.07) is 85.3. The molecule has 0 aliphatic heterocycles. The van der Waals surface area contributed by atoms with E-state index in [0.717, 1.165) is 45.0 Å². The molecule has 0 amide bonds. The maximum absolute atomic E-state index is 5.15. The van der Waals surface area contributed by atoms with E-state index in [-0.39, 0.29) is 0 Å². The van der Waals surface area contributed by atoms with E-state index in [0.29, 0.717) is 0 Å². The molecule has 0 atom stereocenters. The molecule has 0 aliphatic rings. The molecule has 0 saturated heterocycles. The summed E-state index contributed by atoms with van der Waals surface area (Å²) in [7, 11) is 0. The second-order valence-corrected chi connectivity index (χ2v) is 16.0. The van der Waals surface area contributed by atoms with Crippen molar-refractivity contribution in [3.05, 3.63) is 237 Å². The van der Waals surface area contributed by atoms with Gasteiger partial charge in [0, 0.05) is 44.0 Å². The zero-order valence-corrected chi connectivity index (χ0v) is 33.9. The van der Waals surface area contributed by atoms with Crippen LogP contribution in [-0.2, 0) is 0 Å². The molecule has 290 valence electrons. The van der Waals surface area contributed by atoms with Crippen LogP contribution in [0.25, 0.3) is 111 Å². The van der Waals surface area contributed by atoms with Crippen LogP contribution < -0.4 is 0 Å². The van der Waals surface area contributed by atoms with E-state index in [9.17, 15) is 0 Å². The maximum Gasteiger partial charge on any atom is 0.0715 e. The molecule has 0 saturated carbocycles. The van der Waals surface area contributed by atoms with Gasteiger partial charge in [-0.05, 0) is 100 Å². The van der Waals surface area contributed by atoms with Gasteiger partial charge in [-0.15, -0.1) is 0 Å². The molecular formula is C59H39N3. The molecule has 0 aliphatic carbocycles. The number of hydrogen-bond acceptors (Lipinski definition) is 1. The molecule has 12 rings (SSSR count). The Morgan fingerprint density at radius 3 is 1.26 bits per heavy atom. The largest absolute Gasteiger partial charge is 0.309 e. The SMILES string of the molecule is c1ccc(-c2cccc(-n3c4ccccc4c4cc(-c5ccc6c7ccccc7n(-c7cccc(-c8cc(-c9ccccc9)nc(-c9ccccc9)c8)c7)c6c5)ccc43)c2)cc1. The van der Waals surface area contributed by atoms with Crippen molar-refractivity contribution in [3.8, 4) is 67.3 Å². The van der Waals surface area contributed by atoms with Crippen LogP contribution in [0.4, 0.5) is 0 Å². The zero-order chi connectivity index (χ0) is 41.0. The fraction of sp³-hybridized carbons (Fsp3) is 0. The van der Waals surface area contributed by atoms with Crippen molar-refractivity contribution in [1.82, 2.24) is 14.1 Å².